The van der Waals surface area contributed by atoms with E-state index in [-0.39, 0.29) is 11.4 Å². The third-order valence-electron chi connectivity index (χ3n) is 3.21. The summed E-state index contributed by atoms with van der Waals surface area (Å²) in [6.07, 6.45) is 0. The van der Waals surface area contributed by atoms with Crippen LogP contribution in [-0.2, 0) is 11.5 Å². The fraction of sp³-hybridized carbons (Fsp3) is 0.438. The van der Waals surface area contributed by atoms with E-state index in [0.717, 1.165) is 14.9 Å². The normalized spacial score (nSPS) is 12.9. The number of aromatic amines is 1. The summed E-state index contributed by atoms with van der Waals surface area (Å²) in [6, 6.07) is 7.82. The third kappa shape index (κ3) is 5.25. The number of H-pyrrole nitrogens is 1. The molecule has 6 nitrogen and oxygen atoms in total. The molecule has 1 heterocycles. The van der Waals surface area contributed by atoms with Gasteiger partial charge in [-0.2, -0.15) is 4.98 Å². The van der Waals surface area contributed by atoms with Gasteiger partial charge in [0.2, 0.25) is 4.77 Å². The minimum absolute atomic E-state index is 0.0112. The molecule has 0 aliphatic heterocycles. The SMILES string of the molecule is C[NH+](CC(=O)NC(C)(C)C)Cn1[nH]c(-c2ccccc2Br)nc1=S. The van der Waals surface area contributed by atoms with Crippen molar-refractivity contribution in [3.8, 4) is 11.4 Å². The van der Waals surface area contributed by atoms with Crippen molar-refractivity contribution >= 4 is 34.1 Å². The predicted molar refractivity (Wildman–Crippen MR) is 100 cm³/mol. The van der Waals surface area contributed by atoms with E-state index in [2.05, 4.69) is 31.3 Å². The molecule has 1 atom stereocenters. The second-order valence-corrected chi connectivity index (χ2v) is 8.07. The van der Waals surface area contributed by atoms with Crippen LogP contribution in [0.15, 0.2) is 28.7 Å². The predicted octanol–water partition coefficient (Wildman–Crippen LogP) is 1.76. The standard InChI is InChI=1S/C16H22BrN5OS/c1-16(2,3)19-13(23)9-21(4)10-22-15(24)18-14(20-22)11-7-5-6-8-12(11)17/h5-8H,9-10H2,1-4H3,(H,19,23)(H,18,20,24)/p+1. The van der Waals surface area contributed by atoms with Crippen LogP contribution in [0.4, 0.5) is 0 Å². The lowest BCUT2D eigenvalue weighted by Crippen LogP contribution is -3.09. The number of hydrogen-bond acceptors (Lipinski definition) is 3. The number of amides is 1. The second-order valence-electron chi connectivity index (χ2n) is 6.85. The summed E-state index contributed by atoms with van der Waals surface area (Å²) in [4.78, 5) is 17.4. The first-order valence-corrected chi connectivity index (χ1v) is 8.90. The Labute approximate surface area is 155 Å². The Morgan fingerprint density at radius 3 is 2.71 bits per heavy atom. The molecular weight excluding hydrogens is 390 g/mol. The van der Waals surface area contributed by atoms with E-state index in [0.29, 0.717) is 23.8 Å². The Morgan fingerprint density at radius 2 is 2.08 bits per heavy atom. The zero-order chi connectivity index (χ0) is 17.9. The molecule has 0 spiro atoms. The molecule has 0 saturated carbocycles. The number of nitrogens with zero attached hydrogens (tertiary/aromatic N) is 2. The Bertz CT molecular complexity index is 777. The van der Waals surface area contributed by atoms with Crippen LogP contribution < -0.4 is 10.2 Å². The van der Waals surface area contributed by atoms with Crippen LogP contribution in [0.25, 0.3) is 11.4 Å². The lowest BCUT2D eigenvalue weighted by atomic mass is 10.1. The monoisotopic (exact) mass is 412 g/mol. The van der Waals surface area contributed by atoms with Crippen LogP contribution in [0.3, 0.4) is 0 Å². The van der Waals surface area contributed by atoms with Crippen LogP contribution in [0.5, 0.6) is 0 Å². The molecule has 2 rings (SSSR count). The van der Waals surface area contributed by atoms with E-state index < -0.39 is 0 Å². The van der Waals surface area contributed by atoms with Gasteiger partial charge in [0.15, 0.2) is 19.0 Å². The minimum Gasteiger partial charge on any atom is -0.347 e. The van der Waals surface area contributed by atoms with E-state index in [1.807, 2.05) is 52.1 Å². The van der Waals surface area contributed by atoms with Gasteiger partial charge >= 0.3 is 0 Å². The van der Waals surface area contributed by atoms with Crippen LogP contribution in [0.1, 0.15) is 20.8 Å². The number of quaternary nitrogens is 1. The molecule has 24 heavy (non-hydrogen) atoms. The number of nitrogens with one attached hydrogen (secondary N) is 3. The van der Waals surface area contributed by atoms with Crippen LogP contribution in [0.2, 0.25) is 0 Å². The van der Waals surface area contributed by atoms with Gasteiger partial charge in [0, 0.05) is 15.6 Å². The van der Waals surface area contributed by atoms with Crippen LogP contribution in [0, 0.1) is 4.77 Å². The number of halogens is 1. The number of hydrogen-bond donors (Lipinski definition) is 3. The van der Waals surface area contributed by atoms with E-state index in [4.69, 9.17) is 12.2 Å². The van der Waals surface area contributed by atoms with Crippen molar-refractivity contribution in [1.29, 1.82) is 0 Å². The first-order chi connectivity index (χ1) is 11.2. The molecule has 1 aromatic heterocycles. The van der Waals surface area contributed by atoms with Crippen LogP contribution in [-0.4, -0.2) is 39.8 Å². The van der Waals surface area contributed by atoms with Crippen molar-refractivity contribution < 1.29 is 9.69 Å². The fourth-order valence-corrected chi connectivity index (χ4v) is 2.97. The van der Waals surface area contributed by atoms with Crippen molar-refractivity contribution in [2.75, 3.05) is 13.6 Å². The summed E-state index contributed by atoms with van der Waals surface area (Å²) in [6.45, 7) is 6.80. The largest absolute Gasteiger partial charge is 0.347 e. The van der Waals surface area contributed by atoms with Gasteiger partial charge in [-0.15, -0.1) is 0 Å². The molecular formula is C16H23BrN5OS+. The molecule has 130 valence electrons. The molecule has 0 saturated heterocycles. The molecule has 1 aromatic carbocycles. The quantitative estimate of drug-likeness (QED) is 0.655. The highest BCUT2D eigenvalue weighted by Crippen LogP contribution is 2.24. The zero-order valence-corrected chi connectivity index (χ0v) is 16.7. The first-order valence-electron chi connectivity index (χ1n) is 7.70. The van der Waals surface area contributed by atoms with Gasteiger partial charge in [-0.3, -0.25) is 9.89 Å². The summed E-state index contributed by atoms with van der Waals surface area (Å²) < 4.78 is 3.20. The fourth-order valence-electron chi connectivity index (χ4n) is 2.30. The number of rotatable bonds is 5. The summed E-state index contributed by atoms with van der Waals surface area (Å²) in [5.74, 6) is 0.719. The van der Waals surface area contributed by atoms with Gasteiger partial charge in [-0.25, -0.2) is 4.68 Å². The number of aromatic nitrogens is 3. The number of carbonyl (C=O) groups is 1. The first kappa shape index (κ1) is 18.8. The molecule has 0 radical (unpaired) electrons. The lowest BCUT2D eigenvalue weighted by molar-refractivity contribution is -0.895. The number of carbonyl (C=O) groups excluding carboxylic acids is 1. The molecule has 1 unspecified atom stereocenters. The van der Waals surface area contributed by atoms with Crippen molar-refractivity contribution in [3.05, 3.63) is 33.5 Å². The molecule has 8 heteroatoms. The van der Waals surface area contributed by atoms with Gasteiger partial charge < -0.3 is 10.2 Å². The average Bonchev–Trinajstić information content (AvgIpc) is 2.77. The van der Waals surface area contributed by atoms with E-state index >= 15 is 0 Å². The highest BCUT2D eigenvalue weighted by molar-refractivity contribution is 9.10. The molecule has 2 aromatic rings. The highest BCUT2D eigenvalue weighted by atomic mass is 79.9. The number of likely N-dealkylation sites (N-methyl/N-ethyl adjacent to an activating group) is 1. The lowest BCUT2D eigenvalue weighted by Gasteiger charge is -2.21. The van der Waals surface area contributed by atoms with E-state index in [1.54, 1.807) is 4.68 Å². The van der Waals surface area contributed by atoms with Gasteiger partial charge in [0.05, 0.1) is 7.05 Å². The molecule has 0 fully saturated rings. The Kier molecular flexibility index (Phi) is 5.95. The smallest absolute Gasteiger partial charge is 0.275 e. The summed E-state index contributed by atoms with van der Waals surface area (Å²) in [5.41, 5.74) is 0.722. The van der Waals surface area contributed by atoms with E-state index in [9.17, 15) is 4.79 Å². The van der Waals surface area contributed by atoms with Crippen molar-refractivity contribution in [2.24, 2.45) is 0 Å². The maximum atomic E-state index is 12.0. The average molecular weight is 413 g/mol. The second kappa shape index (κ2) is 7.58. The maximum Gasteiger partial charge on any atom is 0.275 e. The summed E-state index contributed by atoms with van der Waals surface area (Å²) >= 11 is 8.84. The molecule has 0 bridgehead atoms. The molecule has 3 N–H and O–H groups in total. The zero-order valence-electron chi connectivity index (χ0n) is 14.3. The van der Waals surface area contributed by atoms with Crippen molar-refractivity contribution in [1.82, 2.24) is 20.1 Å². The molecule has 1 amide bonds. The third-order valence-corrected chi connectivity index (χ3v) is 4.22. The van der Waals surface area contributed by atoms with Crippen LogP contribution >= 0.6 is 28.1 Å². The Balaban J connectivity index is 2.07. The topological polar surface area (TPSA) is 67.2 Å². The minimum atomic E-state index is -0.228. The van der Waals surface area contributed by atoms with Gasteiger partial charge in [0.1, 0.15) is 0 Å². The van der Waals surface area contributed by atoms with E-state index in [1.165, 1.54) is 0 Å². The number of benzene rings is 1. The molecule has 0 aliphatic rings. The molecule has 0 aliphatic carbocycles. The Morgan fingerprint density at radius 1 is 1.42 bits per heavy atom. The van der Waals surface area contributed by atoms with Gasteiger partial charge in [-0.05, 0) is 39.1 Å². The van der Waals surface area contributed by atoms with Gasteiger partial charge in [-0.1, -0.05) is 34.1 Å². The van der Waals surface area contributed by atoms with Crippen molar-refractivity contribution in [3.63, 3.8) is 0 Å². The van der Waals surface area contributed by atoms with Gasteiger partial charge in [0.25, 0.3) is 5.91 Å². The summed E-state index contributed by atoms with van der Waals surface area (Å²) in [7, 11) is 1.95. The highest BCUT2D eigenvalue weighted by Gasteiger charge is 2.18. The summed E-state index contributed by atoms with van der Waals surface area (Å²) in [5, 5.41) is 6.17. The Hall–Kier alpha value is -1.51. The van der Waals surface area contributed by atoms with Crippen molar-refractivity contribution in [2.45, 2.75) is 33.0 Å². The maximum absolute atomic E-state index is 12.0.